The lowest BCUT2D eigenvalue weighted by Gasteiger charge is -2.17. The second-order valence-electron chi connectivity index (χ2n) is 4.81. The van der Waals surface area contributed by atoms with Gasteiger partial charge in [0.05, 0.1) is 11.9 Å². The third kappa shape index (κ3) is 1.92. The van der Waals surface area contributed by atoms with E-state index in [1.807, 2.05) is 23.0 Å². The summed E-state index contributed by atoms with van der Waals surface area (Å²) in [7, 11) is 0. The first kappa shape index (κ1) is 9.19. The summed E-state index contributed by atoms with van der Waals surface area (Å²) < 4.78 is 2.01. The van der Waals surface area contributed by atoms with Crippen LogP contribution in [0, 0.1) is 5.41 Å². The minimum absolute atomic E-state index is 0.279. The molecule has 0 aliphatic heterocycles. The smallest absolute Gasteiger partial charge is 0.155 e. The Bertz CT molecular complexity index is 437. The van der Waals surface area contributed by atoms with Crippen LogP contribution in [0.2, 0.25) is 0 Å². The predicted octanol–water partition coefficient (Wildman–Crippen LogP) is 2.32. The minimum atomic E-state index is 0.279. The van der Waals surface area contributed by atoms with E-state index in [-0.39, 0.29) is 5.41 Å². The van der Waals surface area contributed by atoms with Gasteiger partial charge in [0.15, 0.2) is 5.65 Å². The summed E-state index contributed by atoms with van der Waals surface area (Å²) in [4.78, 5) is 8.54. The van der Waals surface area contributed by atoms with Crippen molar-refractivity contribution in [2.45, 2.75) is 27.2 Å². The van der Waals surface area contributed by atoms with E-state index in [0.29, 0.717) is 0 Å². The molecule has 0 radical (unpaired) electrons. The summed E-state index contributed by atoms with van der Waals surface area (Å²) in [5.74, 6) is 0. The van der Waals surface area contributed by atoms with Gasteiger partial charge in [-0.15, -0.1) is 0 Å². The number of rotatable bonds is 1. The molecule has 0 saturated heterocycles. The van der Waals surface area contributed by atoms with Crippen molar-refractivity contribution >= 4 is 5.65 Å². The molecule has 0 fully saturated rings. The summed E-state index contributed by atoms with van der Waals surface area (Å²) in [5, 5.41) is 0. The van der Waals surface area contributed by atoms with E-state index in [1.165, 1.54) is 0 Å². The van der Waals surface area contributed by atoms with Gasteiger partial charge < -0.3 is 4.40 Å². The first-order valence-corrected chi connectivity index (χ1v) is 4.82. The van der Waals surface area contributed by atoms with Gasteiger partial charge in [-0.1, -0.05) is 20.8 Å². The van der Waals surface area contributed by atoms with Crippen LogP contribution < -0.4 is 0 Å². The number of imidazole rings is 1. The molecule has 2 aromatic heterocycles. The zero-order valence-electron chi connectivity index (χ0n) is 8.86. The molecule has 0 N–H and O–H groups in total. The molecule has 3 nitrogen and oxygen atoms in total. The van der Waals surface area contributed by atoms with Crippen LogP contribution in [0.3, 0.4) is 0 Å². The highest BCUT2D eigenvalue weighted by Crippen LogP contribution is 2.19. The standard InChI is InChI=1S/C11H15N3/c1-11(2,3)6-9-8-14-5-4-12-10(14)7-13-9/h4-5,7-8H,6H2,1-3H3. The van der Waals surface area contributed by atoms with Gasteiger partial charge in [-0.05, 0) is 11.8 Å². The van der Waals surface area contributed by atoms with E-state index in [0.717, 1.165) is 17.8 Å². The number of nitrogens with zero attached hydrogens (tertiary/aromatic N) is 3. The van der Waals surface area contributed by atoms with E-state index in [1.54, 1.807) is 6.20 Å². The van der Waals surface area contributed by atoms with Gasteiger partial charge >= 0.3 is 0 Å². The van der Waals surface area contributed by atoms with Crippen LogP contribution in [0.4, 0.5) is 0 Å². The maximum atomic E-state index is 4.38. The highest BCUT2D eigenvalue weighted by atomic mass is 15.0. The van der Waals surface area contributed by atoms with Crippen LogP contribution in [0.5, 0.6) is 0 Å². The predicted molar refractivity (Wildman–Crippen MR) is 56.1 cm³/mol. The molecule has 0 unspecified atom stereocenters. The molecule has 0 saturated carbocycles. The number of hydrogen-bond acceptors (Lipinski definition) is 2. The normalized spacial score (nSPS) is 12.2. The third-order valence-corrected chi connectivity index (χ3v) is 2.04. The number of fused-ring (bicyclic) bond motifs is 1. The van der Waals surface area contributed by atoms with Crippen molar-refractivity contribution in [1.82, 2.24) is 14.4 Å². The van der Waals surface area contributed by atoms with Crippen molar-refractivity contribution in [3.05, 3.63) is 30.5 Å². The summed E-state index contributed by atoms with van der Waals surface area (Å²) in [5.41, 5.74) is 2.30. The SMILES string of the molecule is CC(C)(C)Cc1cn2ccnc2cn1. The van der Waals surface area contributed by atoms with Crippen LogP contribution >= 0.6 is 0 Å². The van der Waals surface area contributed by atoms with Crippen molar-refractivity contribution in [1.29, 1.82) is 0 Å². The van der Waals surface area contributed by atoms with Crippen molar-refractivity contribution in [2.75, 3.05) is 0 Å². The fourth-order valence-electron chi connectivity index (χ4n) is 1.50. The Morgan fingerprint density at radius 1 is 1.29 bits per heavy atom. The van der Waals surface area contributed by atoms with E-state index in [4.69, 9.17) is 0 Å². The first-order valence-electron chi connectivity index (χ1n) is 4.82. The Morgan fingerprint density at radius 3 is 2.79 bits per heavy atom. The van der Waals surface area contributed by atoms with Crippen LogP contribution in [0.1, 0.15) is 26.5 Å². The number of hydrogen-bond donors (Lipinski definition) is 0. The lowest BCUT2D eigenvalue weighted by molar-refractivity contribution is 0.405. The summed E-state index contributed by atoms with van der Waals surface area (Å²) in [6.07, 6.45) is 8.59. The van der Waals surface area contributed by atoms with Gasteiger partial charge in [0.2, 0.25) is 0 Å². The molecule has 2 heterocycles. The van der Waals surface area contributed by atoms with Crippen LogP contribution in [0.15, 0.2) is 24.8 Å². The minimum Gasteiger partial charge on any atom is -0.304 e. The monoisotopic (exact) mass is 189 g/mol. The third-order valence-electron chi connectivity index (χ3n) is 2.04. The lowest BCUT2D eigenvalue weighted by Crippen LogP contribution is -2.11. The Balaban J connectivity index is 2.35. The van der Waals surface area contributed by atoms with Gasteiger partial charge in [0.1, 0.15) is 0 Å². The van der Waals surface area contributed by atoms with Crippen LogP contribution in [0.25, 0.3) is 5.65 Å². The topological polar surface area (TPSA) is 30.2 Å². The first-order chi connectivity index (χ1) is 6.54. The van der Waals surface area contributed by atoms with E-state index < -0.39 is 0 Å². The largest absolute Gasteiger partial charge is 0.304 e. The van der Waals surface area contributed by atoms with Gasteiger partial charge in [-0.3, -0.25) is 4.98 Å². The van der Waals surface area contributed by atoms with Crippen molar-refractivity contribution in [3.63, 3.8) is 0 Å². The highest BCUT2D eigenvalue weighted by molar-refractivity contribution is 5.34. The molecule has 0 aliphatic rings. The lowest BCUT2D eigenvalue weighted by atomic mass is 9.91. The molecule has 0 bridgehead atoms. The Kier molecular flexibility index (Phi) is 2.02. The highest BCUT2D eigenvalue weighted by Gasteiger charge is 2.12. The molecule has 74 valence electrons. The molecule has 0 amide bonds. The molecule has 0 aliphatic carbocycles. The molecule has 0 atom stereocenters. The fourth-order valence-corrected chi connectivity index (χ4v) is 1.50. The quantitative estimate of drug-likeness (QED) is 0.689. The summed E-state index contributed by atoms with van der Waals surface area (Å²) in [6.45, 7) is 6.65. The van der Waals surface area contributed by atoms with Gasteiger partial charge in [0, 0.05) is 18.6 Å². The maximum Gasteiger partial charge on any atom is 0.155 e. The molecular weight excluding hydrogens is 174 g/mol. The molecule has 0 aromatic carbocycles. The average Bonchev–Trinajstić information content (AvgIpc) is 2.47. The molecule has 2 aromatic rings. The Hall–Kier alpha value is -1.38. The Labute approximate surface area is 83.8 Å². The molecule has 3 heteroatoms. The maximum absolute atomic E-state index is 4.38. The van der Waals surface area contributed by atoms with E-state index >= 15 is 0 Å². The molecule has 0 spiro atoms. The van der Waals surface area contributed by atoms with Crippen molar-refractivity contribution in [3.8, 4) is 0 Å². The molecular formula is C11H15N3. The van der Waals surface area contributed by atoms with E-state index in [9.17, 15) is 0 Å². The zero-order valence-corrected chi connectivity index (χ0v) is 8.86. The van der Waals surface area contributed by atoms with Crippen molar-refractivity contribution in [2.24, 2.45) is 5.41 Å². The van der Waals surface area contributed by atoms with Gasteiger partial charge in [-0.25, -0.2) is 4.98 Å². The molecule has 14 heavy (non-hydrogen) atoms. The van der Waals surface area contributed by atoms with Gasteiger partial charge in [-0.2, -0.15) is 0 Å². The molecule has 2 rings (SSSR count). The van der Waals surface area contributed by atoms with Crippen LogP contribution in [-0.2, 0) is 6.42 Å². The average molecular weight is 189 g/mol. The zero-order chi connectivity index (χ0) is 10.2. The summed E-state index contributed by atoms with van der Waals surface area (Å²) >= 11 is 0. The Morgan fingerprint density at radius 2 is 2.07 bits per heavy atom. The van der Waals surface area contributed by atoms with Crippen molar-refractivity contribution < 1.29 is 0 Å². The van der Waals surface area contributed by atoms with Gasteiger partial charge in [0.25, 0.3) is 0 Å². The van der Waals surface area contributed by atoms with E-state index in [2.05, 4.69) is 30.7 Å². The second kappa shape index (κ2) is 3.08. The van der Waals surface area contributed by atoms with Crippen LogP contribution in [-0.4, -0.2) is 14.4 Å². The number of aromatic nitrogens is 3. The second-order valence-corrected chi connectivity index (χ2v) is 4.81. The fraction of sp³-hybridized carbons (Fsp3) is 0.455. The summed E-state index contributed by atoms with van der Waals surface area (Å²) in [6, 6.07) is 0.